The molecule has 1 saturated heterocycles. The molecule has 1 heterocycles. The maximum atomic E-state index is 14.1. The number of nitrogens with zero attached hydrogens (tertiary/aromatic N) is 2. The first kappa shape index (κ1) is 29.3. The van der Waals surface area contributed by atoms with Gasteiger partial charge in [0.15, 0.2) is 0 Å². The van der Waals surface area contributed by atoms with Crippen molar-refractivity contribution in [3.8, 4) is 11.5 Å². The number of benzene rings is 3. The van der Waals surface area contributed by atoms with Crippen molar-refractivity contribution < 1.29 is 19.4 Å². The van der Waals surface area contributed by atoms with E-state index in [0.29, 0.717) is 53.0 Å². The number of aromatic carboxylic acids is 1. The number of carboxylic acid groups (broad SMARTS) is 1. The standard InChI is InChI=1S/C37H44N2O4/c1-25-32-22-27(37(32,2)3)23-33(25)39(35(40)17-14-26-10-6-4-7-11-26)28-18-20-38(21-19-28)29-15-16-31(36(41)42)34(24-29)43-30-12-8-5-9-13-30/h4-13,15-16,24-25,27-28,32-33H,14,17-23H2,1-3H3,(H,41,42). The van der Waals surface area contributed by atoms with E-state index in [2.05, 4.69) is 42.7 Å². The van der Waals surface area contributed by atoms with Gasteiger partial charge in [0.2, 0.25) is 5.91 Å². The predicted molar refractivity (Wildman–Crippen MR) is 170 cm³/mol. The van der Waals surface area contributed by atoms with Crippen LogP contribution >= 0.6 is 0 Å². The zero-order valence-corrected chi connectivity index (χ0v) is 25.6. The Labute approximate surface area is 255 Å². The molecule has 7 rings (SSSR count). The molecule has 4 fully saturated rings. The lowest BCUT2D eigenvalue weighted by Crippen LogP contribution is -2.64. The van der Waals surface area contributed by atoms with E-state index in [1.54, 1.807) is 6.07 Å². The van der Waals surface area contributed by atoms with Crippen molar-refractivity contribution in [2.24, 2.45) is 23.2 Å². The number of ether oxygens (including phenoxy) is 1. The van der Waals surface area contributed by atoms with Crippen LogP contribution in [0.2, 0.25) is 0 Å². The van der Waals surface area contributed by atoms with Crippen molar-refractivity contribution in [3.63, 3.8) is 0 Å². The van der Waals surface area contributed by atoms with E-state index >= 15 is 0 Å². The Balaban J connectivity index is 1.18. The van der Waals surface area contributed by atoms with Crippen molar-refractivity contribution >= 4 is 17.6 Å². The minimum absolute atomic E-state index is 0.144. The van der Waals surface area contributed by atoms with Gasteiger partial charge >= 0.3 is 5.97 Å². The number of amides is 1. The fourth-order valence-electron chi connectivity index (χ4n) is 8.16. The molecule has 3 aliphatic carbocycles. The molecule has 4 aliphatic rings. The van der Waals surface area contributed by atoms with Gasteiger partial charge < -0.3 is 19.6 Å². The number of aryl methyl sites for hydroxylation is 1. The van der Waals surface area contributed by atoms with E-state index in [4.69, 9.17) is 4.74 Å². The summed E-state index contributed by atoms with van der Waals surface area (Å²) in [6.07, 6.45) is 5.52. The van der Waals surface area contributed by atoms with Gasteiger partial charge in [0, 0.05) is 43.3 Å². The molecule has 1 aliphatic heterocycles. The minimum atomic E-state index is -1.01. The highest BCUT2D eigenvalue weighted by molar-refractivity contribution is 5.91. The highest BCUT2D eigenvalue weighted by atomic mass is 16.5. The number of carboxylic acids is 1. The van der Waals surface area contributed by atoms with Crippen molar-refractivity contribution in [2.75, 3.05) is 18.0 Å². The summed E-state index contributed by atoms with van der Waals surface area (Å²) in [4.78, 5) is 30.6. The van der Waals surface area contributed by atoms with Gasteiger partial charge in [-0.15, -0.1) is 0 Å². The number of hydrogen-bond acceptors (Lipinski definition) is 4. The van der Waals surface area contributed by atoms with Gasteiger partial charge in [0.05, 0.1) is 0 Å². The minimum Gasteiger partial charge on any atom is -0.478 e. The van der Waals surface area contributed by atoms with E-state index in [1.165, 1.54) is 12.0 Å². The van der Waals surface area contributed by atoms with Gasteiger partial charge in [0.1, 0.15) is 17.1 Å². The topological polar surface area (TPSA) is 70.1 Å². The van der Waals surface area contributed by atoms with Crippen LogP contribution in [-0.2, 0) is 11.2 Å². The summed E-state index contributed by atoms with van der Waals surface area (Å²) in [7, 11) is 0. The molecule has 6 nitrogen and oxygen atoms in total. The lowest BCUT2D eigenvalue weighted by molar-refractivity contribution is -0.164. The summed E-state index contributed by atoms with van der Waals surface area (Å²) in [5.74, 6) is 2.10. The Kier molecular flexibility index (Phi) is 8.21. The number of piperidine rings is 1. The monoisotopic (exact) mass is 580 g/mol. The van der Waals surface area contributed by atoms with Crippen LogP contribution in [0, 0.1) is 23.2 Å². The van der Waals surface area contributed by atoms with Crippen molar-refractivity contribution in [1.29, 1.82) is 0 Å². The number of rotatable bonds is 9. The summed E-state index contributed by atoms with van der Waals surface area (Å²) in [5.41, 5.74) is 2.68. The van der Waals surface area contributed by atoms with Crippen molar-refractivity contribution in [2.45, 2.75) is 71.4 Å². The second-order valence-corrected chi connectivity index (χ2v) is 13.4. The zero-order chi connectivity index (χ0) is 30.1. The average Bonchev–Trinajstić information content (AvgIpc) is 3.02. The Morgan fingerprint density at radius 1 is 0.953 bits per heavy atom. The number of carbonyl (C=O) groups is 2. The highest BCUT2D eigenvalue weighted by Gasteiger charge is 2.58. The molecule has 3 saturated carbocycles. The van der Waals surface area contributed by atoms with Gasteiger partial charge in [-0.1, -0.05) is 69.3 Å². The molecular weight excluding hydrogens is 536 g/mol. The third-order valence-corrected chi connectivity index (χ3v) is 10.8. The molecule has 0 spiro atoms. The number of hydrogen-bond donors (Lipinski definition) is 1. The fraction of sp³-hybridized carbons (Fsp3) is 0.459. The summed E-state index contributed by atoms with van der Waals surface area (Å²) in [6.45, 7) is 8.85. The molecular formula is C37H44N2O4. The molecule has 226 valence electrons. The lowest BCUT2D eigenvalue weighted by Gasteiger charge is -2.64. The average molecular weight is 581 g/mol. The predicted octanol–water partition coefficient (Wildman–Crippen LogP) is 7.68. The van der Waals surface area contributed by atoms with E-state index < -0.39 is 5.97 Å². The van der Waals surface area contributed by atoms with Crippen LogP contribution in [0.3, 0.4) is 0 Å². The summed E-state index contributed by atoms with van der Waals surface area (Å²) in [5, 5.41) is 9.78. The van der Waals surface area contributed by atoms with Crippen LogP contribution in [0.4, 0.5) is 5.69 Å². The number of para-hydroxylation sites is 1. The Morgan fingerprint density at radius 2 is 1.63 bits per heavy atom. The zero-order valence-electron chi connectivity index (χ0n) is 25.6. The van der Waals surface area contributed by atoms with Gasteiger partial charge in [0.25, 0.3) is 0 Å². The number of anilines is 1. The summed E-state index contributed by atoms with van der Waals surface area (Å²) in [6, 6.07) is 25.5. The molecule has 0 radical (unpaired) electrons. The maximum absolute atomic E-state index is 14.1. The molecule has 1 amide bonds. The second kappa shape index (κ2) is 12.1. The second-order valence-electron chi connectivity index (χ2n) is 13.4. The molecule has 3 aromatic rings. The first-order valence-corrected chi connectivity index (χ1v) is 15.9. The summed E-state index contributed by atoms with van der Waals surface area (Å²) >= 11 is 0. The van der Waals surface area contributed by atoms with Gasteiger partial charge in [-0.3, -0.25) is 4.79 Å². The first-order valence-electron chi connectivity index (χ1n) is 15.9. The fourth-order valence-corrected chi connectivity index (χ4v) is 8.16. The van der Waals surface area contributed by atoms with Crippen molar-refractivity contribution in [1.82, 2.24) is 4.90 Å². The molecule has 1 N–H and O–H groups in total. The van der Waals surface area contributed by atoms with Crippen LogP contribution in [-0.4, -0.2) is 47.1 Å². The van der Waals surface area contributed by atoms with Gasteiger partial charge in [-0.05, 0) is 85.1 Å². The largest absolute Gasteiger partial charge is 0.478 e. The SMILES string of the molecule is CC1C(N(C(=O)CCc2ccccc2)C2CCN(c3ccc(C(=O)O)c(Oc4ccccc4)c3)CC2)CC2CC1C2(C)C. The molecule has 4 unspecified atom stereocenters. The Hall–Kier alpha value is -3.80. The van der Waals surface area contributed by atoms with E-state index in [9.17, 15) is 14.7 Å². The molecule has 43 heavy (non-hydrogen) atoms. The van der Waals surface area contributed by atoms with E-state index in [0.717, 1.165) is 44.5 Å². The Morgan fingerprint density at radius 3 is 2.26 bits per heavy atom. The summed E-state index contributed by atoms with van der Waals surface area (Å²) < 4.78 is 6.02. The maximum Gasteiger partial charge on any atom is 0.339 e. The third-order valence-electron chi connectivity index (χ3n) is 10.8. The molecule has 6 heteroatoms. The highest BCUT2D eigenvalue weighted by Crippen LogP contribution is 2.62. The van der Waals surface area contributed by atoms with Gasteiger partial charge in [-0.25, -0.2) is 4.79 Å². The van der Waals surface area contributed by atoms with Gasteiger partial charge in [-0.2, -0.15) is 0 Å². The van der Waals surface area contributed by atoms with Crippen LogP contribution in [0.15, 0.2) is 78.9 Å². The number of carbonyl (C=O) groups excluding carboxylic acids is 1. The molecule has 3 aromatic carbocycles. The Bertz CT molecular complexity index is 1430. The smallest absolute Gasteiger partial charge is 0.339 e. The van der Waals surface area contributed by atoms with Crippen LogP contribution in [0.1, 0.15) is 68.8 Å². The number of fused-ring (bicyclic) bond motifs is 2. The third kappa shape index (κ3) is 5.89. The van der Waals surface area contributed by atoms with Crippen LogP contribution in [0.25, 0.3) is 0 Å². The van der Waals surface area contributed by atoms with Crippen LogP contribution < -0.4 is 9.64 Å². The van der Waals surface area contributed by atoms with E-state index in [-0.39, 0.29) is 11.6 Å². The molecule has 4 atom stereocenters. The van der Waals surface area contributed by atoms with E-state index in [1.807, 2.05) is 60.7 Å². The molecule has 0 aromatic heterocycles. The normalized spacial score (nSPS) is 24.6. The van der Waals surface area contributed by atoms with Crippen molar-refractivity contribution in [3.05, 3.63) is 90.0 Å². The quantitative estimate of drug-likeness (QED) is 0.281. The first-order chi connectivity index (χ1) is 20.7. The molecule has 2 bridgehead atoms. The van der Waals surface area contributed by atoms with Crippen LogP contribution in [0.5, 0.6) is 11.5 Å². The lowest BCUT2D eigenvalue weighted by atomic mass is 9.44.